The van der Waals surface area contributed by atoms with Crippen LogP contribution in [0.1, 0.15) is 310 Å². The highest BCUT2D eigenvalue weighted by Crippen LogP contribution is 2.72. The quantitative estimate of drug-likeness (QED) is 0.0662. The number of Topliss-reactive ketones (excluding diaryl/α,β-unsaturated/α-hetero) is 3. The van der Waals surface area contributed by atoms with Crippen LogP contribution in [0.4, 0.5) is 0 Å². The maximum absolute atomic E-state index is 13.5. The number of fused-ring (bicyclic) bond motifs is 15. The molecule has 12 saturated carbocycles. The topological polar surface area (TPSA) is 294 Å². The van der Waals surface area contributed by atoms with Gasteiger partial charge in [-0.05, 0) is 318 Å². The van der Waals surface area contributed by atoms with Gasteiger partial charge in [0.25, 0.3) is 0 Å². The van der Waals surface area contributed by atoms with Gasteiger partial charge in [-0.25, -0.2) is 19.1 Å². The summed E-state index contributed by atoms with van der Waals surface area (Å²) in [6, 6.07) is 0. The molecule has 0 aliphatic heterocycles. The van der Waals surface area contributed by atoms with Crippen molar-refractivity contribution in [3.8, 4) is 0 Å². The van der Waals surface area contributed by atoms with Crippen molar-refractivity contribution in [1.29, 1.82) is 0 Å². The van der Waals surface area contributed by atoms with E-state index in [9.17, 15) is 44.1 Å². The first-order valence-corrected chi connectivity index (χ1v) is 41.3. The molecule has 0 aromatic carbocycles. The van der Waals surface area contributed by atoms with Gasteiger partial charge < -0.3 is 29.5 Å². The number of aromatic amines is 1. The Labute approximate surface area is 642 Å². The molecular formula is C84H136BrN9O12. The van der Waals surface area contributed by atoms with Crippen molar-refractivity contribution < 1.29 is 58.3 Å². The van der Waals surface area contributed by atoms with Gasteiger partial charge in [-0.2, -0.15) is 20.2 Å². The van der Waals surface area contributed by atoms with Gasteiger partial charge in [0.05, 0.1) is 60.5 Å². The number of hydrogen-bond acceptors (Lipinski definition) is 18. The molecule has 24 atom stereocenters. The number of carbonyl (C=O) groups is 6. The summed E-state index contributed by atoms with van der Waals surface area (Å²) in [6.45, 7) is 27.3. The summed E-state index contributed by atoms with van der Waals surface area (Å²) in [7, 11) is 0. The molecule has 12 aliphatic rings. The molecular weight excluding hydrogens is 1410 g/mol. The number of halogens is 1. The highest BCUT2D eigenvalue weighted by atomic mass is 79.9. The monoisotopic (exact) mass is 1540 g/mol. The van der Waals surface area contributed by atoms with Crippen molar-refractivity contribution in [2.45, 2.75) is 309 Å². The van der Waals surface area contributed by atoms with E-state index in [1.54, 1.807) is 20.8 Å². The van der Waals surface area contributed by atoms with Crippen molar-refractivity contribution in [2.75, 3.05) is 25.2 Å². The first-order chi connectivity index (χ1) is 48.7. The molecule has 0 bridgehead atoms. The lowest BCUT2D eigenvalue weighted by atomic mass is 9.44. The van der Waals surface area contributed by atoms with Crippen LogP contribution in [0.5, 0.6) is 0 Å². The van der Waals surface area contributed by atoms with E-state index in [-0.39, 0.29) is 111 Å². The largest absolute Gasteiger partial charge is 0.461 e. The number of rotatable bonds is 14. The van der Waals surface area contributed by atoms with Crippen LogP contribution >= 0.6 is 15.9 Å². The van der Waals surface area contributed by atoms with Gasteiger partial charge in [-0.1, -0.05) is 85.0 Å². The molecule has 22 heteroatoms. The Kier molecular flexibility index (Phi) is 26.4. The minimum absolute atomic E-state index is 0. The lowest BCUT2D eigenvalue weighted by molar-refractivity contribution is -0.151. The van der Waals surface area contributed by atoms with E-state index in [1.165, 1.54) is 105 Å². The van der Waals surface area contributed by atoms with Gasteiger partial charge in [0.15, 0.2) is 28.6 Å². The zero-order valence-electron chi connectivity index (χ0n) is 64.2. The highest BCUT2D eigenvalue weighted by Gasteiger charge is 2.66. The number of esters is 3. The second-order valence-corrected chi connectivity index (χ2v) is 37.8. The number of aliphatic hydroxyl groups is 3. The summed E-state index contributed by atoms with van der Waals surface area (Å²) in [5, 5.41) is 58.1. The fraction of sp³-hybridized carbons (Fsp3) is 0.857. The third-order valence-electron chi connectivity index (χ3n) is 31.7. The zero-order chi connectivity index (χ0) is 74.0. The van der Waals surface area contributed by atoms with Crippen LogP contribution in [0.2, 0.25) is 0 Å². The summed E-state index contributed by atoms with van der Waals surface area (Å²) in [5.74, 6) is 8.14. The summed E-state index contributed by atoms with van der Waals surface area (Å²) in [5.41, 5.74) is 0.491. The van der Waals surface area contributed by atoms with Crippen molar-refractivity contribution in [2.24, 2.45) is 121 Å². The van der Waals surface area contributed by atoms with Gasteiger partial charge in [-0.15, -0.1) is 15.3 Å². The average molecular weight is 1540 g/mol. The van der Waals surface area contributed by atoms with Crippen molar-refractivity contribution in [3.05, 3.63) is 35.7 Å². The molecule has 15 rings (SSSR count). The van der Waals surface area contributed by atoms with Crippen molar-refractivity contribution >= 4 is 51.2 Å². The van der Waals surface area contributed by atoms with Crippen LogP contribution in [0, 0.1) is 121 Å². The van der Waals surface area contributed by atoms with Crippen LogP contribution in [0.25, 0.3) is 0 Å². The Bertz CT molecular complexity index is 3390. The fourth-order valence-corrected chi connectivity index (χ4v) is 26.7. The lowest BCUT2D eigenvalue weighted by Gasteiger charge is -2.61. The molecule has 3 heterocycles. The van der Waals surface area contributed by atoms with E-state index in [0.717, 1.165) is 120 Å². The molecule has 0 saturated heterocycles. The molecule has 3 aromatic rings. The van der Waals surface area contributed by atoms with E-state index in [1.807, 2.05) is 20.8 Å². The normalized spacial score (nSPS) is 41.8. The van der Waals surface area contributed by atoms with Crippen molar-refractivity contribution in [1.82, 2.24) is 45.4 Å². The summed E-state index contributed by atoms with van der Waals surface area (Å²) >= 11 is 3.43. The van der Waals surface area contributed by atoms with Crippen molar-refractivity contribution in [3.63, 3.8) is 0 Å². The number of alkyl halides is 1. The molecule has 106 heavy (non-hydrogen) atoms. The first-order valence-electron chi connectivity index (χ1n) is 40.2. The van der Waals surface area contributed by atoms with E-state index in [4.69, 9.17) is 9.47 Å². The number of aromatic nitrogens is 9. The molecule has 0 unspecified atom stereocenters. The minimum Gasteiger partial charge on any atom is -0.461 e. The standard InChI is InChI=1S/2C27H41N3O4.C22H35BrO2.C5H7N3O2.3CH4/c1-5-34-24(32)22-15-30(29-28-22)16-23(31)21-9-8-19-18-7-6-17-14-25(2,33)12-13-26(17,3)20(18)10-11-27(19,21)4;1-5-34-24(32)22-15-28-30(29-22)16-23(31)21-9-8-19-18-7-6-17-14-25(2,33)12-13-26(17,3)20(18)10-11-27(19,21)4;1-20(25)10-11-21(2)14(12-20)4-5-15-16-6-7-18(19(24)13-23)22(16,3)9-8-17(15)21;1-2-10-5(9)4-3-6-8-7-4;;;/h2*15,17-21,33H,5-14,16H2,1-4H3;14-18,25H,4-13H2,1-3H3;3H,2H2,1H3,(H,6,7,8);3*1H4/t2*17-,18+,19+,20+,21-,25-,26+,27+;14-,15+,16+,17+,18-,20-,21+,22+;;;;/m111..../s1. The first kappa shape index (κ1) is 85.2. The van der Waals surface area contributed by atoms with Crippen LogP contribution in [-0.2, 0) is 41.7 Å². The molecule has 596 valence electrons. The number of nitrogens with zero attached hydrogens (tertiary/aromatic N) is 8. The number of nitrogens with one attached hydrogen (secondary N) is 1. The fourth-order valence-electron chi connectivity index (χ4n) is 26.3. The van der Waals surface area contributed by atoms with E-state index < -0.39 is 34.7 Å². The Morgan fingerprint density at radius 1 is 0.453 bits per heavy atom. The number of H-pyrrole nitrogens is 1. The summed E-state index contributed by atoms with van der Waals surface area (Å²) in [6.07, 6.45) is 34.6. The molecule has 4 N–H and O–H groups in total. The maximum atomic E-state index is 13.5. The Balaban J connectivity index is 0.000000172. The second kappa shape index (κ2) is 32.9. The van der Waals surface area contributed by atoms with Gasteiger partial charge >= 0.3 is 17.9 Å². The number of hydrogen-bond donors (Lipinski definition) is 4. The van der Waals surface area contributed by atoms with Gasteiger partial charge in [-0.3, -0.25) is 14.4 Å². The van der Waals surface area contributed by atoms with E-state index in [2.05, 4.69) is 98.1 Å². The van der Waals surface area contributed by atoms with Crippen LogP contribution in [0.3, 0.4) is 0 Å². The Morgan fingerprint density at radius 3 is 1.20 bits per heavy atom. The summed E-state index contributed by atoms with van der Waals surface area (Å²) < 4.78 is 16.1. The third kappa shape index (κ3) is 16.2. The molecule has 0 spiro atoms. The van der Waals surface area contributed by atoms with Gasteiger partial charge in [0, 0.05) is 17.8 Å². The number of ketones is 3. The maximum Gasteiger partial charge on any atom is 0.360 e. The smallest absolute Gasteiger partial charge is 0.360 e. The molecule has 3 aromatic heterocycles. The van der Waals surface area contributed by atoms with Crippen LogP contribution in [-0.4, -0.2) is 138 Å². The SMILES string of the molecule is C.C.C.CCOC(=O)c1cn(CC(=O)[C@H]2CC[C@H]3[C@@H]4CC[C@@H]5C[C@](C)(O)CC[C@]5(C)[C@H]4CC[C@]23C)nn1.CCOC(=O)c1cn[nH]n1.CCOC(=O)c1cnn(CC(=O)[C@H]2CC[C@H]3[C@@H]4CC[C@@H]5C[C@](C)(O)CC[C@]5(C)[C@H]4CC[C@]23C)n1.C[C@@]1(O)CC[C@@]2(C)[C@H](CC[C@@H]3[C@@H]2CC[C@]2(C)[C@@H](C(=O)CBr)CC[C@@H]32)C1. The molecule has 0 amide bonds. The molecule has 12 fully saturated rings. The molecule has 12 aliphatic carbocycles. The Hall–Kier alpha value is -4.80. The van der Waals surface area contributed by atoms with Gasteiger partial charge in [0.2, 0.25) is 0 Å². The average Bonchev–Trinajstić information content (AvgIpc) is 1.35. The highest BCUT2D eigenvalue weighted by molar-refractivity contribution is 9.09. The lowest BCUT2D eigenvalue weighted by Crippen LogP contribution is -2.55. The zero-order valence-corrected chi connectivity index (χ0v) is 65.8. The minimum atomic E-state index is -0.501. The van der Waals surface area contributed by atoms with E-state index in [0.29, 0.717) is 81.3 Å². The molecule has 0 radical (unpaired) electrons. The molecule has 21 nitrogen and oxygen atoms in total. The summed E-state index contributed by atoms with van der Waals surface area (Å²) in [4.78, 5) is 75.4. The predicted octanol–water partition coefficient (Wildman–Crippen LogP) is 16.1. The number of carbonyl (C=O) groups excluding carboxylic acids is 6. The number of ether oxygens (including phenoxy) is 3. The van der Waals surface area contributed by atoms with Crippen LogP contribution in [0.15, 0.2) is 18.6 Å². The second-order valence-electron chi connectivity index (χ2n) is 37.2. The van der Waals surface area contributed by atoms with Gasteiger partial charge in [0.1, 0.15) is 18.9 Å². The Morgan fingerprint density at radius 2 is 0.821 bits per heavy atom. The van der Waals surface area contributed by atoms with Crippen LogP contribution < -0.4 is 0 Å². The predicted molar refractivity (Wildman–Crippen MR) is 411 cm³/mol. The third-order valence-corrected chi connectivity index (χ3v) is 32.3. The van der Waals surface area contributed by atoms with E-state index >= 15 is 0 Å².